The van der Waals surface area contributed by atoms with E-state index >= 15 is 0 Å². The molecule has 1 aliphatic rings. The minimum atomic E-state index is -3.94. The number of carbonyl (C=O) groups is 1. The molecule has 27 heavy (non-hydrogen) atoms. The van der Waals surface area contributed by atoms with Crippen molar-refractivity contribution in [2.45, 2.75) is 11.4 Å². The maximum Gasteiger partial charge on any atom is 0.325 e. The number of rotatable bonds is 4. The summed E-state index contributed by atoms with van der Waals surface area (Å²) in [5.74, 6) is 0.564. The van der Waals surface area contributed by atoms with Crippen LogP contribution in [0.5, 0.6) is 11.5 Å². The highest BCUT2D eigenvalue weighted by Crippen LogP contribution is 2.37. The number of esters is 1. The molecule has 0 saturated heterocycles. The Morgan fingerprint density at radius 3 is 2.63 bits per heavy atom. The SMILES string of the molecule is COC(=O)Cn1/c(=N/S(=O)(=O)c2ccccc2)sc2cc3c(cc21)OCO3. The summed E-state index contributed by atoms with van der Waals surface area (Å²) in [6.45, 7) is -0.0669. The van der Waals surface area contributed by atoms with E-state index in [4.69, 9.17) is 14.2 Å². The van der Waals surface area contributed by atoms with Gasteiger partial charge in [-0.05, 0) is 12.1 Å². The van der Waals surface area contributed by atoms with Crippen molar-refractivity contribution in [3.63, 3.8) is 0 Å². The van der Waals surface area contributed by atoms with Crippen molar-refractivity contribution in [3.05, 3.63) is 47.3 Å². The molecule has 0 spiro atoms. The van der Waals surface area contributed by atoms with Crippen LogP contribution in [-0.4, -0.2) is 32.9 Å². The van der Waals surface area contributed by atoms with E-state index in [1.807, 2.05) is 0 Å². The molecule has 140 valence electrons. The second-order valence-corrected chi connectivity index (χ2v) is 8.21. The Morgan fingerprint density at radius 1 is 1.22 bits per heavy atom. The quantitative estimate of drug-likeness (QED) is 0.614. The Hall–Kier alpha value is -2.85. The van der Waals surface area contributed by atoms with E-state index in [9.17, 15) is 13.2 Å². The maximum absolute atomic E-state index is 12.6. The zero-order valence-electron chi connectivity index (χ0n) is 14.1. The number of hydrogen-bond acceptors (Lipinski definition) is 7. The minimum absolute atomic E-state index is 0.0706. The summed E-state index contributed by atoms with van der Waals surface area (Å²) in [6, 6.07) is 11.3. The predicted molar refractivity (Wildman–Crippen MR) is 97.1 cm³/mol. The molecule has 10 heteroatoms. The van der Waals surface area contributed by atoms with Crippen LogP contribution in [0, 0.1) is 0 Å². The molecule has 4 rings (SSSR count). The van der Waals surface area contributed by atoms with Crippen LogP contribution >= 0.6 is 11.3 Å². The minimum Gasteiger partial charge on any atom is -0.468 e. The molecule has 1 aromatic heterocycles. The first-order valence-corrected chi connectivity index (χ1v) is 10.1. The first-order chi connectivity index (χ1) is 13.0. The van der Waals surface area contributed by atoms with E-state index in [1.54, 1.807) is 30.3 Å². The molecule has 3 aromatic rings. The van der Waals surface area contributed by atoms with Gasteiger partial charge in [0, 0.05) is 12.1 Å². The summed E-state index contributed by atoms with van der Waals surface area (Å²) in [6.07, 6.45) is 0. The average Bonchev–Trinajstić information content (AvgIpc) is 3.24. The summed E-state index contributed by atoms with van der Waals surface area (Å²) in [7, 11) is -2.67. The normalized spacial score (nSPS) is 13.9. The van der Waals surface area contributed by atoms with Crippen LogP contribution in [0.15, 0.2) is 51.8 Å². The number of carbonyl (C=O) groups excluding carboxylic acids is 1. The number of benzene rings is 2. The van der Waals surface area contributed by atoms with Gasteiger partial charge in [0.2, 0.25) is 11.6 Å². The van der Waals surface area contributed by atoms with Crippen molar-refractivity contribution in [1.82, 2.24) is 4.57 Å². The van der Waals surface area contributed by atoms with E-state index in [1.165, 1.54) is 23.8 Å². The van der Waals surface area contributed by atoms with Crippen molar-refractivity contribution in [2.24, 2.45) is 4.40 Å². The third-order valence-corrected chi connectivity index (χ3v) is 6.37. The lowest BCUT2D eigenvalue weighted by molar-refractivity contribution is -0.141. The smallest absolute Gasteiger partial charge is 0.325 e. The van der Waals surface area contributed by atoms with Gasteiger partial charge in [0.05, 0.1) is 22.2 Å². The molecule has 0 amide bonds. The van der Waals surface area contributed by atoms with Crippen molar-refractivity contribution < 1.29 is 27.4 Å². The fourth-order valence-electron chi connectivity index (χ4n) is 2.62. The van der Waals surface area contributed by atoms with Crippen LogP contribution in [0.2, 0.25) is 0 Å². The third kappa shape index (κ3) is 3.28. The topological polar surface area (TPSA) is 96.2 Å². The molecule has 8 nitrogen and oxygen atoms in total. The predicted octanol–water partition coefficient (Wildman–Crippen LogP) is 1.89. The third-order valence-electron chi connectivity index (χ3n) is 3.93. The maximum atomic E-state index is 12.6. The molecule has 0 unspecified atom stereocenters. The summed E-state index contributed by atoms with van der Waals surface area (Å²) in [4.78, 5) is 12.1. The van der Waals surface area contributed by atoms with E-state index < -0.39 is 16.0 Å². The molecule has 2 heterocycles. The van der Waals surface area contributed by atoms with Crippen LogP contribution in [0.25, 0.3) is 10.2 Å². The Morgan fingerprint density at radius 2 is 1.93 bits per heavy atom. The van der Waals surface area contributed by atoms with Crippen LogP contribution in [0.4, 0.5) is 0 Å². The average molecular weight is 406 g/mol. The highest BCUT2D eigenvalue weighted by atomic mass is 32.2. The van der Waals surface area contributed by atoms with Crippen molar-refractivity contribution in [2.75, 3.05) is 13.9 Å². The Bertz CT molecular complexity index is 1200. The fourth-order valence-corrected chi connectivity index (χ4v) is 4.89. The second kappa shape index (κ2) is 6.71. The first kappa shape index (κ1) is 17.6. The first-order valence-electron chi connectivity index (χ1n) is 7.84. The second-order valence-electron chi connectivity index (χ2n) is 5.60. The molecule has 0 bridgehead atoms. The summed E-state index contributed by atoms with van der Waals surface area (Å²) >= 11 is 1.14. The Balaban J connectivity index is 1.94. The van der Waals surface area contributed by atoms with E-state index in [2.05, 4.69) is 4.40 Å². The Labute approximate surface area is 158 Å². The number of methoxy groups -OCH3 is 1. The van der Waals surface area contributed by atoms with Crippen LogP contribution < -0.4 is 14.3 Å². The lowest BCUT2D eigenvalue weighted by atomic mass is 10.3. The molecular formula is C17H14N2O6S2. The van der Waals surface area contributed by atoms with Gasteiger partial charge in [0.1, 0.15) is 6.54 Å². The van der Waals surface area contributed by atoms with Gasteiger partial charge in [-0.1, -0.05) is 29.5 Å². The van der Waals surface area contributed by atoms with Gasteiger partial charge in [0.15, 0.2) is 11.5 Å². The van der Waals surface area contributed by atoms with Gasteiger partial charge in [-0.3, -0.25) is 4.79 Å². The summed E-state index contributed by atoms with van der Waals surface area (Å²) < 4.78 is 46.9. The van der Waals surface area contributed by atoms with Crippen molar-refractivity contribution >= 4 is 37.5 Å². The van der Waals surface area contributed by atoms with Gasteiger partial charge < -0.3 is 18.8 Å². The number of sulfonamides is 1. The molecule has 0 radical (unpaired) electrons. The van der Waals surface area contributed by atoms with Gasteiger partial charge in [-0.2, -0.15) is 8.42 Å². The molecular weight excluding hydrogens is 392 g/mol. The highest BCUT2D eigenvalue weighted by Gasteiger charge is 2.20. The van der Waals surface area contributed by atoms with Gasteiger partial charge >= 0.3 is 5.97 Å². The van der Waals surface area contributed by atoms with E-state index in [0.717, 1.165) is 11.3 Å². The monoisotopic (exact) mass is 406 g/mol. The number of aromatic nitrogens is 1. The lowest BCUT2D eigenvalue weighted by Crippen LogP contribution is -2.22. The Kier molecular flexibility index (Phi) is 4.36. The lowest BCUT2D eigenvalue weighted by Gasteiger charge is -2.04. The molecule has 0 saturated carbocycles. The van der Waals surface area contributed by atoms with Crippen molar-refractivity contribution in [1.29, 1.82) is 0 Å². The number of thiazole rings is 1. The van der Waals surface area contributed by atoms with Gasteiger partial charge in [0.25, 0.3) is 10.0 Å². The summed E-state index contributed by atoms with van der Waals surface area (Å²) in [5, 5.41) is 0. The van der Waals surface area contributed by atoms with Gasteiger partial charge in [-0.15, -0.1) is 4.40 Å². The largest absolute Gasteiger partial charge is 0.468 e. The van der Waals surface area contributed by atoms with Crippen LogP contribution in [0.1, 0.15) is 0 Å². The van der Waals surface area contributed by atoms with E-state index in [0.29, 0.717) is 21.7 Å². The number of fused-ring (bicyclic) bond motifs is 2. The summed E-state index contributed by atoms with van der Waals surface area (Å²) in [5.41, 5.74) is 0.608. The highest BCUT2D eigenvalue weighted by molar-refractivity contribution is 7.90. The molecule has 0 fully saturated rings. The molecule has 0 atom stereocenters. The fraction of sp³-hybridized carbons (Fsp3) is 0.176. The number of ether oxygens (including phenoxy) is 3. The zero-order chi connectivity index (χ0) is 19.0. The molecule has 1 aliphatic heterocycles. The van der Waals surface area contributed by atoms with Crippen LogP contribution in [0.3, 0.4) is 0 Å². The van der Waals surface area contributed by atoms with E-state index in [-0.39, 0.29) is 23.0 Å². The number of hydrogen-bond donors (Lipinski definition) is 0. The molecule has 2 aromatic carbocycles. The van der Waals surface area contributed by atoms with Gasteiger partial charge in [-0.25, -0.2) is 0 Å². The standard InChI is InChI=1S/C17H14N2O6S2/c1-23-16(20)9-19-12-7-13-14(25-10-24-13)8-15(12)26-17(19)18-27(21,22)11-5-3-2-4-6-11/h2-8H,9-10H2,1H3/b18-17-. The van der Waals surface area contributed by atoms with Crippen LogP contribution in [-0.2, 0) is 26.1 Å². The number of nitrogens with zero attached hydrogens (tertiary/aromatic N) is 2. The molecule has 0 aliphatic carbocycles. The van der Waals surface area contributed by atoms with Crippen molar-refractivity contribution in [3.8, 4) is 11.5 Å². The zero-order valence-corrected chi connectivity index (χ0v) is 15.7. The molecule has 0 N–H and O–H groups in total.